The van der Waals surface area contributed by atoms with Gasteiger partial charge in [0.1, 0.15) is 22.4 Å². The second-order valence-electron chi connectivity index (χ2n) is 7.28. The second kappa shape index (κ2) is 10.6. The lowest BCUT2D eigenvalue weighted by Gasteiger charge is -2.19. The molecule has 0 spiro atoms. The molecule has 34 heavy (non-hydrogen) atoms. The molecule has 0 bridgehead atoms. The van der Waals surface area contributed by atoms with E-state index in [4.69, 9.17) is 26.1 Å². The van der Waals surface area contributed by atoms with Gasteiger partial charge in [-0.25, -0.2) is 4.99 Å². The average Bonchev–Trinajstić information content (AvgIpc) is 3.13. The third-order valence-corrected chi connectivity index (χ3v) is 6.41. The van der Waals surface area contributed by atoms with Crippen LogP contribution in [0, 0.1) is 0 Å². The predicted molar refractivity (Wildman–Crippen MR) is 137 cm³/mol. The van der Waals surface area contributed by atoms with Crippen LogP contribution in [0.3, 0.4) is 0 Å². The first-order chi connectivity index (χ1) is 16.5. The largest absolute Gasteiger partial charge is 0.495 e. The zero-order valence-electron chi connectivity index (χ0n) is 18.5. The zero-order valence-corrected chi connectivity index (χ0v) is 20.1. The first-order valence-corrected chi connectivity index (χ1v) is 11.7. The standard InChI is InChI=1S/C25H22ClN3O4S/c1-32-20-12-5-3-10-18(20)28-25-29(19-11-4-6-13-21(19)33-2)24(31)22(34-25)15-23(30)27-17-9-7-8-16(26)14-17/h3-14,22H,15H2,1-2H3,(H,27,30)/t22-/m0/s1. The fourth-order valence-electron chi connectivity index (χ4n) is 3.48. The quantitative estimate of drug-likeness (QED) is 0.466. The number of halogens is 1. The highest BCUT2D eigenvalue weighted by Gasteiger charge is 2.41. The maximum absolute atomic E-state index is 13.5. The van der Waals surface area contributed by atoms with Crippen molar-refractivity contribution in [3.63, 3.8) is 0 Å². The molecular formula is C25H22ClN3O4S. The molecule has 0 unspecified atom stereocenters. The fourth-order valence-corrected chi connectivity index (χ4v) is 4.81. The molecule has 0 radical (unpaired) electrons. The molecule has 1 heterocycles. The molecule has 1 N–H and O–H groups in total. The van der Waals surface area contributed by atoms with Gasteiger partial charge >= 0.3 is 0 Å². The third-order valence-electron chi connectivity index (χ3n) is 5.04. The van der Waals surface area contributed by atoms with Crippen molar-refractivity contribution >= 4 is 57.4 Å². The molecule has 0 aliphatic carbocycles. The molecule has 4 rings (SSSR count). The number of para-hydroxylation sites is 4. The van der Waals surface area contributed by atoms with E-state index in [1.807, 2.05) is 24.3 Å². The van der Waals surface area contributed by atoms with Crippen LogP contribution >= 0.6 is 23.4 Å². The Morgan fingerprint density at radius 2 is 1.74 bits per heavy atom. The Morgan fingerprint density at radius 3 is 2.47 bits per heavy atom. The Hall–Kier alpha value is -3.49. The van der Waals surface area contributed by atoms with E-state index in [1.54, 1.807) is 62.8 Å². The van der Waals surface area contributed by atoms with Crippen molar-refractivity contribution < 1.29 is 19.1 Å². The summed E-state index contributed by atoms with van der Waals surface area (Å²) in [6.07, 6.45) is -0.0351. The van der Waals surface area contributed by atoms with E-state index >= 15 is 0 Å². The Kier molecular flexibility index (Phi) is 7.40. The number of methoxy groups -OCH3 is 2. The summed E-state index contributed by atoms with van der Waals surface area (Å²) >= 11 is 7.23. The zero-order chi connectivity index (χ0) is 24.1. The van der Waals surface area contributed by atoms with Gasteiger partial charge in [0, 0.05) is 17.1 Å². The minimum Gasteiger partial charge on any atom is -0.495 e. The minimum absolute atomic E-state index is 0.0351. The number of nitrogens with zero attached hydrogens (tertiary/aromatic N) is 2. The Bertz CT molecular complexity index is 1250. The highest BCUT2D eigenvalue weighted by molar-refractivity contribution is 8.16. The molecule has 1 atom stereocenters. The molecule has 2 amide bonds. The van der Waals surface area contributed by atoms with Crippen LogP contribution in [0.2, 0.25) is 5.02 Å². The van der Waals surface area contributed by atoms with Gasteiger partial charge < -0.3 is 14.8 Å². The summed E-state index contributed by atoms with van der Waals surface area (Å²) in [4.78, 5) is 32.5. The first kappa shape index (κ1) is 23.7. The molecular weight excluding hydrogens is 474 g/mol. The summed E-state index contributed by atoms with van der Waals surface area (Å²) in [5.41, 5.74) is 1.69. The monoisotopic (exact) mass is 495 g/mol. The lowest BCUT2D eigenvalue weighted by molar-refractivity contribution is -0.121. The molecule has 0 aromatic heterocycles. The number of rotatable bonds is 7. The Labute approximate surface area is 206 Å². The Morgan fingerprint density at radius 1 is 1.03 bits per heavy atom. The van der Waals surface area contributed by atoms with Gasteiger partial charge in [0.05, 0.1) is 19.9 Å². The van der Waals surface area contributed by atoms with Crippen LogP contribution < -0.4 is 19.7 Å². The summed E-state index contributed by atoms with van der Waals surface area (Å²) in [6.45, 7) is 0. The highest BCUT2D eigenvalue weighted by Crippen LogP contribution is 2.40. The number of carbonyl (C=O) groups is 2. The number of thioether (sulfide) groups is 1. The van der Waals surface area contributed by atoms with Gasteiger partial charge in [-0.15, -0.1) is 0 Å². The molecule has 3 aromatic rings. The van der Waals surface area contributed by atoms with Crippen molar-refractivity contribution in [2.75, 3.05) is 24.4 Å². The van der Waals surface area contributed by atoms with Gasteiger partial charge in [0.2, 0.25) is 11.8 Å². The molecule has 1 fully saturated rings. The molecule has 174 valence electrons. The second-order valence-corrected chi connectivity index (χ2v) is 8.89. The van der Waals surface area contributed by atoms with Crippen molar-refractivity contribution in [1.29, 1.82) is 0 Å². The van der Waals surface area contributed by atoms with Crippen molar-refractivity contribution in [2.24, 2.45) is 4.99 Å². The number of anilines is 2. The van der Waals surface area contributed by atoms with Gasteiger partial charge in [-0.1, -0.05) is 53.7 Å². The van der Waals surface area contributed by atoms with E-state index < -0.39 is 5.25 Å². The summed E-state index contributed by atoms with van der Waals surface area (Å²) in [6, 6.07) is 21.3. The van der Waals surface area contributed by atoms with Crippen molar-refractivity contribution in [1.82, 2.24) is 0 Å². The molecule has 3 aromatic carbocycles. The molecule has 9 heteroatoms. The summed E-state index contributed by atoms with van der Waals surface area (Å²) in [7, 11) is 3.10. The summed E-state index contributed by atoms with van der Waals surface area (Å²) < 4.78 is 10.9. The topological polar surface area (TPSA) is 80.2 Å². The number of aliphatic imine (C=N–C) groups is 1. The van der Waals surface area contributed by atoms with Gasteiger partial charge in [0.25, 0.3) is 0 Å². The van der Waals surface area contributed by atoms with E-state index in [0.717, 1.165) is 0 Å². The van der Waals surface area contributed by atoms with Crippen molar-refractivity contribution in [2.45, 2.75) is 11.7 Å². The smallest absolute Gasteiger partial charge is 0.247 e. The summed E-state index contributed by atoms with van der Waals surface area (Å²) in [5, 5.41) is 3.07. The maximum Gasteiger partial charge on any atom is 0.247 e. The van der Waals surface area contributed by atoms with Crippen LogP contribution in [0.1, 0.15) is 6.42 Å². The number of ether oxygens (including phenoxy) is 2. The van der Waals surface area contributed by atoms with Crippen LogP contribution in [0.5, 0.6) is 11.5 Å². The molecule has 1 saturated heterocycles. The number of nitrogens with one attached hydrogen (secondary N) is 1. The van der Waals surface area contributed by atoms with Crippen LogP contribution in [-0.2, 0) is 9.59 Å². The summed E-state index contributed by atoms with van der Waals surface area (Å²) in [5.74, 6) is 0.536. The SMILES string of the molecule is COc1ccccc1N=C1S[C@@H](CC(=O)Nc2cccc(Cl)c2)C(=O)N1c1ccccc1OC. The molecule has 1 aliphatic rings. The van der Waals surface area contributed by atoms with E-state index in [0.29, 0.717) is 38.8 Å². The molecule has 1 aliphatic heterocycles. The number of hydrogen-bond donors (Lipinski definition) is 1. The maximum atomic E-state index is 13.5. The van der Waals surface area contributed by atoms with Crippen LogP contribution in [0.4, 0.5) is 17.1 Å². The van der Waals surface area contributed by atoms with E-state index in [1.165, 1.54) is 16.7 Å². The van der Waals surface area contributed by atoms with E-state index in [2.05, 4.69) is 5.32 Å². The van der Waals surface area contributed by atoms with Crippen LogP contribution in [-0.4, -0.2) is 36.5 Å². The van der Waals surface area contributed by atoms with E-state index in [-0.39, 0.29) is 18.2 Å². The average molecular weight is 496 g/mol. The predicted octanol–water partition coefficient (Wildman–Crippen LogP) is 5.52. The van der Waals surface area contributed by atoms with Gasteiger partial charge in [0.15, 0.2) is 5.17 Å². The number of amidine groups is 1. The lowest BCUT2D eigenvalue weighted by atomic mass is 10.2. The fraction of sp³-hybridized carbons (Fsp3) is 0.160. The lowest BCUT2D eigenvalue weighted by Crippen LogP contribution is -2.33. The highest BCUT2D eigenvalue weighted by atomic mass is 35.5. The van der Waals surface area contributed by atoms with E-state index in [9.17, 15) is 9.59 Å². The molecule has 7 nitrogen and oxygen atoms in total. The van der Waals surface area contributed by atoms with Crippen molar-refractivity contribution in [3.8, 4) is 11.5 Å². The normalized spacial score (nSPS) is 16.6. The van der Waals surface area contributed by atoms with Gasteiger partial charge in [-0.3, -0.25) is 14.5 Å². The molecule has 0 saturated carbocycles. The number of benzene rings is 3. The Balaban J connectivity index is 1.66. The van der Waals surface area contributed by atoms with Crippen molar-refractivity contribution in [3.05, 3.63) is 77.8 Å². The minimum atomic E-state index is -0.669. The number of carbonyl (C=O) groups excluding carboxylic acids is 2. The van der Waals surface area contributed by atoms with Gasteiger partial charge in [-0.05, 0) is 42.5 Å². The number of hydrogen-bond acceptors (Lipinski definition) is 6. The first-order valence-electron chi connectivity index (χ1n) is 10.4. The van der Waals surface area contributed by atoms with Gasteiger partial charge in [-0.2, -0.15) is 0 Å². The number of amides is 2. The third kappa shape index (κ3) is 5.18. The van der Waals surface area contributed by atoms with Crippen LogP contribution in [0.15, 0.2) is 77.8 Å². The van der Waals surface area contributed by atoms with Crippen LogP contribution in [0.25, 0.3) is 0 Å².